The van der Waals surface area contributed by atoms with Crippen LogP contribution in [0.5, 0.6) is 0 Å². The van der Waals surface area contributed by atoms with Crippen molar-refractivity contribution in [2.24, 2.45) is 0 Å². The van der Waals surface area contributed by atoms with Crippen LogP contribution in [-0.4, -0.2) is 36.1 Å². The molecule has 1 aromatic rings. The monoisotopic (exact) mass is 481 g/mol. The number of nitrogens with one attached hydrogen (secondary N) is 1. The van der Waals surface area contributed by atoms with Crippen molar-refractivity contribution in [3.63, 3.8) is 0 Å². The van der Waals surface area contributed by atoms with Gasteiger partial charge in [-0.25, -0.2) is 4.89 Å². The minimum absolute atomic E-state index is 0.0821. The van der Waals surface area contributed by atoms with Gasteiger partial charge in [-0.05, 0) is 25.0 Å². The molecule has 0 unspecified atom stereocenters. The number of aldehydes is 1. The summed E-state index contributed by atoms with van der Waals surface area (Å²) in [5.74, 6) is 0.623. The Morgan fingerprint density at radius 2 is 2.03 bits per heavy atom. The largest absolute Gasteiger partial charge is 0.379 e. The van der Waals surface area contributed by atoms with Crippen molar-refractivity contribution in [3.05, 3.63) is 51.9 Å². The van der Waals surface area contributed by atoms with Gasteiger partial charge in [0.25, 0.3) is 0 Å². The van der Waals surface area contributed by atoms with Gasteiger partial charge in [0, 0.05) is 23.4 Å². The molecule has 0 saturated carbocycles. The molecule has 0 aromatic carbocycles. The Balaban J connectivity index is 0. The lowest BCUT2D eigenvalue weighted by molar-refractivity contribution is -0.222. The van der Waals surface area contributed by atoms with Gasteiger partial charge in [0.1, 0.15) is 12.2 Å². The molecule has 0 fully saturated rings. The summed E-state index contributed by atoms with van der Waals surface area (Å²) in [6, 6.07) is 1.96. The zero-order valence-corrected chi connectivity index (χ0v) is 20.1. The van der Waals surface area contributed by atoms with Crippen molar-refractivity contribution in [2.45, 2.75) is 33.1 Å². The summed E-state index contributed by atoms with van der Waals surface area (Å²) in [6.45, 7) is 10.0. The highest BCUT2D eigenvalue weighted by atomic mass is 35.5. The van der Waals surface area contributed by atoms with E-state index in [0.717, 1.165) is 23.3 Å². The maximum atomic E-state index is 12.2. The molecule has 0 spiro atoms. The lowest BCUT2D eigenvalue weighted by Gasteiger charge is -1.99. The van der Waals surface area contributed by atoms with Crippen LogP contribution in [-0.2, 0) is 16.1 Å². The van der Waals surface area contributed by atoms with Crippen molar-refractivity contribution < 1.29 is 19.7 Å². The molecular formula is C20H29Cl2NO4S2. The van der Waals surface area contributed by atoms with E-state index in [-0.39, 0.29) is 11.7 Å². The van der Waals surface area contributed by atoms with Gasteiger partial charge in [-0.2, -0.15) is 0 Å². The Bertz CT molecular complexity index is 661. The number of hydrogen-bond acceptors (Lipinski definition) is 7. The second-order valence-electron chi connectivity index (χ2n) is 4.98. The third-order valence-corrected chi connectivity index (χ3v) is 5.98. The van der Waals surface area contributed by atoms with Crippen LogP contribution in [0.2, 0.25) is 0 Å². The first-order valence-corrected chi connectivity index (χ1v) is 11.5. The van der Waals surface area contributed by atoms with E-state index < -0.39 is 0 Å². The summed E-state index contributed by atoms with van der Waals surface area (Å²) in [4.78, 5) is 26.6. The van der Waals surface area contributed by atoms with Crippen LogP contribution in [0.4, 0.5) is 5.00 Å². The molecule has 0 amide bonds. The van der Waals surface area contributed by atoms with E-state index in [1.54, 1.807) is 23.5 Å². The molecule has 164 valence electrons. The van der Waals surface area contributed by atoms with E-state index in [1.165, 1.54) is 16.6 Å². The van der Waals surface area contributed by atoms with Gasteiger partial charge in [0.15, 0.2) is 5.78 Å². The minimum Gasteiger partial charge on any atom is -0.379 e. The number of hydrogen-bond donors (Lipinski definition) is 2. The summed E-state index contributed by atoms with van der Waals surface area (Å²) in [5.41, 5.74) is 0.751. The second kappa shape index (κ2) is 20.2. The number of aryl methyl sites for hydroxylation is 1. The van der Waals surface area contributed by atoms with Gasteiger partial charge < -0.3 is 10.1 Å². The summed E-state index contributed by atoms with van der Waals surface area (Å²) < 4.78 is 0. The molecule has 0 radical (unpaired) electrons. The highest BCUT2D eigenvalue weighted by Crippen LogP contribution is 2.29. The Kier molecular flexibility index (Phi) is 21.0. The normalized spacial score (nSPS) is 11.0. The number of halogens is 2. The fraction of sp³-hybridized carbons (Fsp3) is 0.400. The lowest BCUT2D eigenvalue weighted by Crippen LogP contribution is -1.99. The van der Waals surface area contributed by atoms with Crippen molar-refractivity contribution in [1.29, 1.82) is 0 Å². The molecule has 0 aliphatic carbocycles. The standard InChI is InChI=1S/C15H19Cl2NOS.C3H6O3S.C2H4/c1-4-10-9-11(15(18-3)20-10)14(19)8-6-7-13(17)12(16)5-2;4-1-2-7-3-6-5;1-2/h6-7,9,18H,4-5,8H2,1-3H3;1,5H,2-3H2;1-2H2/b7-6-,13-12-;;. The van der Waals surface area contributed by atoms with Gasteiger partial charge in [0.2, 0.25) is 0 Å². The minimum atomic E-state index is 0.0821. The molecular weight excluding hydrogens is 453 g/mol. The zero-order chi connectivity index (χ0) is 22.7. The molecule has 0 aliphatic rings. The first-order chi connectivity index (χ1) is 13.9. The third-order valence-electron chi connectivity index (χ3n) is 3.12. The lowest BCUT2D eigenvalue weighted by atomic mass is 10.1. The Hall–Kier alpha value is -1.09. The number of thioether (sulfide) groups is 1. The van der Waals surface area contributed by atoms with Crippen molar-refractivity contribution in [1.82, 2.24) is 0 Å². The molecule has 29 heavy (non-hydrogen) atoms. The highest BCUT2D eigenvalue weighted by Gasteiger charge is 2.13. The van der Waals surface area contributed by atoms with E-state index in [4.69, 9.17) is 28.5 Å². The number of rotatable bonds is 11. The fourth-order valence-electron chi connectivity index (χ4n) is 1.78. The predicted octanol–water partition coefficient (Wildman–Crippen LogP) is 6.75. The number of thiophene rings is 1. The van der Waals surface area contributed by atoms with E-state index in [2.05, 4.69) is 30.3 Å². The number of ketones is 1. The number of carbonyl (C=O) groups is 2. The topological polar surface area (TPSA) is 75.6 Å². The van der Waals surface area contributed by atoms with Crippen LogP contribution in [0.3, 0.4) is 0 Å². The first kappa shape index (κ1) is 30.1. The zero-order valence-electron chi connectivity index (χ0n) is 17.0. The summed E-state index contributed by atoms with van der Waals surface area (Å²) >= 11 is 14.7. The van der Waals surface area contributed by atoms with Crippen LogP contribution >= 0.6 is 46.3 Å². The molecule has 1 heterocycles. The van der Waals surface area contributed by atoms with Crippen molar-refractivity contribution >= 4 is 63.4 Å². The molecule has 2 N–H and O–H groups in total. The molecule has 0 bridgehead atoms. The molecule has 0 aliphatic heterocycles. The fourth-order valence-corrected chi connectivity index (χ4v) is 3.30. The number of Topliss-reactive ketones (excluding diaryl/α,β-unsaturated/α-hetero) is 1. The number of carbonyl (C=O) groups excluding carboxylic acids is 2. The number of allylic oxidation sites excluding steroid dienone is 4. The average Bonchev–Trinajstić information content (AvgIpc) is 3.19. The average molecular weight is 482 g/mol. The second-order valence-corrected chi connectivity index (χ2v) is 7.96. The summed E-state index contributed by atoms with van der Waals surface area (Å²) in [5, 5.41) is 12.8. The number of anilines is 1. The SMILES string of the molecule is C=C.CC/C(Cl)=C(Cl)\C=C/CC(=O)c1cc(CC)sc1NC.O=CCSCOO. The van der Waals surface area contributed by atoms with Gasteiger partial charge in [-0.3, -0.25) is 10.1 Å². The molecule has 9 heteroatoms. The summed E-state index contributed by atoms with van der Waals surface area (Å²) in [7, 11) is 1.83. The summed E-state index contributed by atoms with van der Waals surface area (Å²) in [6.07, 6.45) is 6.14. The first-order valence-electron chi connectivity index (χ1n) is 8.77. The van der Waals surface area contributed by atoms with Crippen LogP contribution < -0.4 is 5.32 Å². The van der Waals surface area contributed by atoms with Gasteiger partial charge in [0.05, 0.1) is 21.3 Å². The van der Waals surface area contributed by atoms with Crippen LogP contribution in [0.1, 0.15) is 41.9 Å². The van der Waals surface area contributed by atoms with Gasteiger partial charge in [-0.1, -0.05) is 43.1 Å². The van der Waals surface area contributed by atoms with Crippen LogP contribution in [0.25, 0.3) is 0 Å². The van der Waals surface area contributed by atoms with E-state index >= 15 is 0 Å². The van der Waals surface area contributed by atoms with E-state index in [9.17, 15) is 9.59 Å². The Morgan fingerprint density at radius 3 is 2.52 bits per heavy atom. The molecule has 0 saturated heterocycles. The van der Waals surface area contributed by atoms with Crippen LogP contribution in [0.15, 0.2) is 41.4 Å². The Morgan fingerprint density at radius 1 is 1.38 bits per heavy atom. The quantitative estimate of drug-likeness (QED) is 0.0531. The predicted molar refractivity (Wildman–Crippen MR) is 129 cm³/mol. The van der Waals surface area contributed by atoms with Crippen molar-refractivity contribution in [3.8, 4) is 0 Å². The van der Waals surface area contributed by atoms with Crippen LogP contribution in [0, 0.1) is 0 Å². The molecule has 1 aromatic heterocycles. The smallest absolute Gasteiger partial charge is 0.169 e. The van der Waals surface area contributed by atoms with Crippen molar-refractivity contribution in [2.75, 3.05) is 24.1 Å². The highest BCUT2D eigenvalue weighted by molar-refractivity contribution is 7.99. The molecule has 1 rings (SSSR count). The third kappa shape index (κ3) is 13.7. The maximum Gasteiger partial charge on any atom is 0.169 e. The van der Waals surface area contributed by atoms with Gasteiger partial charge in [-0.15, -0.1) is 36.3 Å². The van der Waals surface area contributed by atoms with Gasteiger partial charge >= 0.3 is 0 Å². The van der Waals surface area contributed by atoms with E-state index in [1.807, 2.05) is 20.0 Å². The molecule has 5 nitrogen and oxygen atoms in total. The van der Waals surface area contributed by atoms with E-state index in [0.29, 0.717) is 28.7 Å². The Labute approximate surface area is 191 Å². The maximum absolute atomic E-state index is 12.2. The molecule has 0 atom stereocenters.